The molecule has 0 aromatic heterocycles. The molecule has 7 heteroatoms. The van der Waals surface area contributed by atoms with Gasteiger partial charge in [-0.1, -0.05) is 26.7 Å². The van der Waals surface area contributed by atoms with Crippen LogP contribution in [0.2, 0.25) is 0 Å². The van der Waals surface area contributed by atoms with E-state index < -0.39 is 0 Å². The Balaban J connectivity index is 1.90. The number of aliphatic imine (C=N–C) groups is 1. The van der Waals surface area contributed by atoms with Crippen LogP contribution in [0.15, 0.2) is 4.99 Å². The van der Waals surface area contributed by atoms with E-state index in [0.717, 1.165) is 19.0 Å². The highest BCUT2D eigenvalue weighted by Gasteiger charge is 2.25. The first kappa shape index (κ1) is 22.7. The molecule has 2 amide bonds. The lowest BCUT2D eigenvalue weighted by molar-refractivity contribution is -0.147. The third kappa shape index (κ3) is 7.08. The van der Waals surface area contributed by atoms with Gasteiger partial charge in [0.05, 0.1) is 6.54 Å². The van der Waals surface area contributed by atoms with Crippen LogP contribution in [0, 0.1) is 5.92 Å². The molecule has 0 saturated carbocycles. The third-order valence-corrected chi connectivity index (χ3v) is 5.67. The number of carbonyl (C=O) groups is 2. The number of rotatable bonds is 8. The maximum Gasteiger partial charge on any atom is 0.229 e. The van der Waals surface area contributed by atoms with Gasteiger partial charge in [0.15, 0.2) is 5.96 Å². The van der Waals surface area contributed by atoms with Crippen molar-refractivity contribution < 1.29 is 9.59 Å². The van der Waals surface area contributed by atoms with Crippen molar-refractivity contribution in [3.05, 3.63) is 0 Å². The van der Waals surface area contributed by atoms with E-state index in [0.29, 0.717) is 44.3 Å². The van der Waals surface area contributed by atoms with Gasteiger partial charge in [0.2, 0.25) is 11.8 Å². The number of carbonyl (C=O) groups excluding carboxylic acids is 2. The lowest BCUT2D eigenvalue weighted by Gasteiger charge is -2.32. The van der Waals surface area contributed by atoms with Crippen molar-refractivity contribution in [3.8, 4) is 0 Å². The minimum atomic E-state index is -0.0546. The van der Waals surface area contributed by atoms with Gasteiger partial charge in [-0.15, -0.1) is 0 Å². The molecule has 28 heavy (non-hydrogen) atoms. The Kier molecular flexibility index (Phi) is 9.75. The van der Waals surface area contributed by atoms with Crippen LogP contribution in [0.5, 0.6) is 0 Å². The Bertz CT molecular complexity index is 511. The maximum absolute atomic E-state index is 11.9. The topological polar surface area (TPSA) is 77.0 Å². The van der Waals surface area contributed by atoms with E-state index in [9.17, 15) is 9.59 Å². The number of piperidine rings is 1. The van der Waals surface area contributed by atoms with Crippen molar-refractivity contribution in [2.75, 3.05) is 39.3 Å². The van der Waals surface area contributed by atoms with Crippen LogP contribution in [-0.2, 0) is 9.59 Å². The van der Waals surface area contributed by atoms with E-state index in [1.807, 2.05) is 6.92 Å². The van der Waals surface area contributed by atoms with Crippen molar-refractivity contribution >= 4 is 17.8 Å². The van der Waals surface area contributed by atoms with E-state index in [1.54, 1.807) is 0 Å². The van der Waals surface area contributed by atoms with Crippen LogP contribution in [0.25, 0.3) is 0 Å². The molecule has 0 aromatic rings. The molecule has 2 heterocycles. The quantitative estimate of drug-likeness (QED) is 0.375. The van der Waals surface area contributed by atoms with Gasteiger partial charge in [0.1, 0.15) is 0 Å². The second-order valence-electron chi connectivity index (χ2n) is 8.20. The molecule has 2 N–H and O–H groups in total. The monoisotopic (exact) mass is 393 g/mol. The summed E-state index contributed by atoms with van der Waals surface area (Å²) in [5.41, 5.74) is 0. The molecule has 2 aliphatic heterocycles. The lowest BCUT2D eigenvalue weighted by Crippen LogP contribution is -2.47. The number of likely N-dealkylation sites (tertiary alicyclic amines) is 2. The number of guanidine groups is 1. The molecule has 1 unspecified atom stereocenters. The van der Waals surface area contributed by atoms with E-state index in [2.05, 4.69) is 29.4 Å². The average Bonchev–Trinajstić information content (AvgIpc) is 2.93. The fraction of sp³-hybridized carbons (Fsp3) is 0.857. The van der Waals surface area contributed by atoms with Gasteiger partial charge in [-0.3, -0.25) is 24.4 Å². The Hall–Kier alpha value is -1.63. The molecular formula is C21H39N5O2. The molecule has 7 nitrogen and oxygen atoms in total. The van der Waals surface area contributed by atoms with Crippen molar-refractivity contribution in [2.24, 2.45) is 10.9 Å². The number of amides is 2. The lowest BCUT2D eigenvalue weighted by atomic mass is 10.0. The second kappa shape index (κ2) is 12.0. The molecule has 0 spiro atoms. The Morgan fingerprint density at radius 3 is 2.21 bits per heavy atom. The second-order valence-corrected chi connectivity index (χ2v) is 8.20. The summed E-state index contributed by atoms with van der Waals surface area (Å²) in [5, 5.41) is 6.58. The molecule has 0 aromatic carbocycles. The van der Waals surface area contributed by atoms with E-state index >= 15 is 0 Å². The Morgan fingerprint density at radius 2 is 1.64 bits per heavy atom. The summed E-state index contributed by atoms with van der Waals surface area (Å²) in [6.45, 7) is 11.4. The fourth-order valence-corrected chi connectivity index (χ4v) is 4.04. The molecule has 2 saturated heterocycles. The van der Waals surface area contributed by atoms with Crippen molar-refractivity contribution in [2.45, 2.75) is 71.8 Å². The number of imide groups is 1. The Labute approximate surface area is 170 Å². The Morgan fingerprint density at radius 1 is 1.00 bits per heavy atom. The van der Waals surface area contributed by atoms with Crippen molar-refractivity contribution in [3.63, 3.8) is 0 Å². The molecule has 2 rings (SSSR count). The number of nitrogens with zero attached hydrogens (tertiary/aromatic N) is 3. The first-order valence-corrected chi connectivity index (χ1v) is 11.1. The predicted octanol–water partition coefficient (Wildman–Crippen LogP) is 1.98. The number of hydrogen-bond acceptors (Lipinski definition) is 4. The first-order valence-electron chi connectivity index (χ1n) is 11.1. The predicted molar refractivity (Wildman–Crippen MR) is 113 cm³/mol. The van der Waals surface area contributed by atoms with Gasteiger partial charge in [0, 0.05) is 38.5 Å². The highest BCUT2D eigenvalue weighted by molar-refractivity contribution is 5.97. The van der Waals surface area contributed by atoms with Gasteiger partial charge >= 0.3 is 0 Å². The number of hydrogen-bond donors (Lipinski definition) is 2. The zero-order valence-electron chi connectivity index (χ0n) is 18.0. The van der Waals surface area contributed by atoms with Gasteiger partial charge in [-0.25, -0.2) is 0 Å². The van der Waals surface area contributed by atoms with E-state index in [-0.39, 0.29) is 11.8 Å². The molecule has 0 radical (unpaired) electrons. The smallest absolute Gasteiger partial charge is 0.229 e. The standard InChI is InChI=1S/C21H39N5O2/c1-4-22-21(23-12-15-26-19(27)10-9-11-20(26)28)24-16-18(17(2)3)25-13-7-5-6-8-14-25/h17-18H,4-16H2,1-3H3,(H2,22,23,24). The van der Waals surface area contributed by atoms with Crippen molar-refractivity contribution in [1.82, 2.24) is 20.4 Å². The molecule has 0 aliphatic carbocycles. The van der Waals surface area contributed by atoms with Gasteiger partial charge in [-0.2, -0.15) is 0 Å². The summed E-state index contributed by atoms with van der Waals surface area (Å²) in [4.78, 5) is 32.7. The molecule has 2 aliphatic rings. The van der Waals surface area contributed by atoms with Crippen LogP contribution in [0.1, 0.15) is 65.7 Å². The minimum Gasteiger partial charge on any atom is -0.357 e. The van der Waals surface area contributed by atoms with Crippen LogP contribution in [-0.4, -0.2) is 72.9 Å². The van der Waals surface area contributed by atoms with E-state index in [4.69, 9.17) is 4.99 Å². The average molecular weight is 394 g/mol. The summed E-state index contributed by atoms with van der Waals surface area (Å²) >= 11 is 0. The molecular weight excluding hydrogens is 354 g/mol. The molecule has 2 fully saturated rings. The minimum absolute atomic E-state index is 0.0546. The zero-order valence-corrected chi connectivity index (χ0v) is 18.0. The molecule has 160 valence electrons. The summed E-state index contributed by atoms with van der Waals surface area (Å²) < 4.78 is 0. The van der Waals surface area contributed by atoms with Gasteiger partial charge < -0.3 is 10.6 Å². The van der Waals surface area contributed by atoms with Crippen LogP contribution >= 0.6 is 0 Å². The first-order chi connectivity index (χ1) is 13.5. The van der Waals surface area contributed by atoms with Crippen LogP contribution < -0.4 is 10.6 Å². The summed E-state index contributed by atoms with van der Waals surface area (Å²) in [6, 6.07) is 0.443. The number of nitrogens with one attached hydrogen (secondary N) is 2. The van der Waals surface area contributed by atoms with E-state index in [1.165, 1.54) is 43.7 Å². The highest BCUT2D eigenvalue weighted by atomic mass is 16.2. The summed E-state index contributed by atoms with van der Waals surface area (Å²) in [6.07, 6.45) is 6.87. The maximum atomic E-state index is 11.9. The third-order valence-electron chi connectivity index (χ3n) is 5.67. The van der Waals surface area contributed by atoms with Gasteiger partial charge in [-0.05, 0) is 45.2 Å². The van der Waals surface area contributed by atoms with Gasteiger partial charge in [0.25, 0.3) is 0 Å². The van der Waals surface area contributed by atoms with Crippen molar-refractivity contribution in [1.29, 1.82) is 0 Å². The normalized spacial score (nSPS) is 21.0. The van der Waals surface area contributed by atoms with Crippen LogP contribution in [0.3, 0.4) is 0 Å². The largest absolute Gasteiger partial charge is 0.357 e. The summed E-state index contributed by atoms with van der Waals surface area (Å²) in [5.74, 6) is 1.20. The zero-order chi connectivity index (χ0) is 20.4. The molecule has 1 atom stereocenters. The SMILES string of the molecule is CCNC(=NCC(C(C)C)N1CCCCCC1)NCCN1C(=O)CCCC1=O. The summed E-state index contributed by atoms with van der Waals surface area (Å²) in [7, 11) is 0. The van der Waals surface area contributed by atoms with Crippen LogP contribution in [0.4, 0.5) is 0 Å². The fourth-order valence-electron chi connectivity index (χ4n) is 4.04. The highest BCUT2D eigenvalue weighted by Crippen LogP contribution is 2.18. The molecule has 0 bridgehead atoms.